The van der Waals surface area contributed by atoms with E-state index in [0.717, 1.165) is 37.7 Å². The Morgan fingerprint density at radius 1 is 1.35 bits per heavy atom. The van der Waals surface area contributed by atoms with Crippen LogP contribution in [-0.4, -0.2) is 36.3 Å². The number of hydrogen-bond donors (Lipinski definition) is 2. The minimum absolute atomic E-state index is 0.320. The molecule has 1 aromatic rings. The van der Waals surface area contributed by atoms with Crippen LogP contribution in [0.5, 0.6) is 0 Å². The maximum Gasteiger partial charge on any atom is 0.148 e. The summed E-state index contributed by atoms with van der Waals surface area (Å²) in [5.41, 5.74) is 3.71. The third kappa shape index (κ3) is 2.48. The molecule has 0 atom stereocenters. The van der Waals surface area contributed by atoms with Gasteiger partial charge in [-0.3, -0.25) is 0 Å². The second-order valence-corrected chi connectivity index (χ2v) is 4.36. The SMILES string of the molecule is CC(C)c1c(NN)ncnc1N1CCOCC1. The van der Waals surface area contributed by atoms with E-state index in [1.54, 1.807) is 6.33 Å². The minimum Gasteiger partial charge on any atom is -0.378 e. The molecule has 0 spiro atoms. The highest BCUT2D eigenvalue weighted by Crippen LogP contribution is 2.30. The first-order valence-corrected chi connectivity index (χ1v) is 5.88. The zero-order valence-electron chi connectivity index (χ0n) is 10.3. The van der Waals surface area contributed by atoms with Gasteiger partial charge in [-0.15, -0.1) is 0 Å². The first-order valence-electron chi connectivity index (χ1n) is 5.88. The summed E-state index contributed by atoms with van der Waals surface area (Å²) < 4.78 is 5.35. The number of nitrogen functional groups attached to an aromatic ring is 1. The summed E-state index contributed by atoms with van der Waals surface area (Å²) in [5.74, 6) is 7.49. The lowest BCUT2D eigenvalue weighted by molar-refractivity contribution is 0.122. The lowest BCUT2D eigenvalue weighted by Gasteiger charge is -2.30. The van der Waals surface area contributed by atoms with E-state index in [9.17, 15) is 0 Å². The van der Waals surface area contributed by atoms with Crippen LogP contribution < -0.4 is 16.2 Å². The highest BCUT2D eigenvalue weighted by Gasteiger charge is 2.20. The summed E-state index contributed by atoms with van der Waals surface area (Å²) in [7, 11) is 0. The summed E-state index contributed by atoms with van der Waals surface area (Å²) in [6.07, 6.45) is 1.55. The summed E-state index contributed by atoms with van der Waals surface area (Å²) in [6.45, 7) is 7.44. The Bertz CT molecular complexity index is 376. The lowest BCUT2D eigenvalue weighted by atomic mass is 10.0. The van der Waals surface area contributed by atoms with Crippen molar-refractivity contribution in [3.8, 4) is 0 Å². The van der Waals surface area contributed by atoms with E-state index < -0.39 is 0 Å². The smallest absolute Gasteiger partial charge is 0.148 e. The van der Waals surface area contributed by atoms with E-state index in [4.69, 9.17) is 10.6 Å². The van der Waals surface area contributed by atoms with E-state index in [2.05, 4.69) is 34.1 Å². The van der Waals surface area contributed by atoms with Gasteiger partial charge in [0.1, 0.15) is 18.0 Å². The number of morpholine rings is 1. The Labute approximate surface area is 101 Å². The van der Waals surface area contributed by atoms with E-state index in [0.29, 0.717) is 11.7 Å². The number of nitrogens with one attached hydrogen (secondary N) is 1. The number of hydrazine groups is 1. The van der Waals surface area contributed by atoms with Crippen molar-refractivity contribution in [2.24, 2.45) is 5.84 Å². The molecule has 2 rings (SSSR count). The van der Waals surface area contributed by atoms with Gasteiger partial charge in [-0.25, -0.2) is 15.8 Å². The molecule has 0 unspecified atom stereocenters. The summed E-state index contributed by atoms with van der Waals surface area (Å²) in [4.78, 5) is 10.8. The Morgan fingerprint density at radius 3 is 2.65 bits per heavy atom. The van der Waals surface area contributed by atoms with Crippen molar-refractivity contribution in [3.05, 3.63) is 11.9 Å². The van der Waals surface area contributed by atoms with Gasteiger partial charge >= 0.3 is 0 Å². The number of nitrogens with zero attached hydrogens (tertiary/aromatic N) is 3. The average molecular weight is 237 g/mol. The standard InChI is InChI=1S/C11H19N5O/c1-8(2)9-10(15-12)13-7-14-11(9)16-3-5-17-6-4-16/h7-8H,3-6,12H2,1-2H3,(H,13,14,15). The molecule has 0 aliphatic carbocycles. The monoisotopic (exact) mass is 237 g/mol. The molecule has 0 saturated carbocycles. The molecule has 6 heteroatoms. The van der Waals surface area contributed by atoms with Gasteiger partial charge in [0.15, 0.2) is 0 Å². The topological polar surface area (TPSA) is 76.3 Å². The van der Waals surface area contributed by atoms with Crippen LogP contribution in [0, 0.1) is 0 Å². The van der Waals surface area contributed by atoms with Crippen molar-refractivity contribution in [1.82, 2.24) is 9.97 Å². The van der Waals surface area contributed by atoms with Crippen LogP contribution in [0.2, 0.25) is 0 Å². The van der Waals surface area contributed by atoms with Crippen LogP contribution in [0.25, 0.3) is 0 Å². The first kappa shape index (κ1) is 12.1. The molecule has 1 fully saturated rings. The molecular weight excluding hydrogens is 218 g/mol. The van der Waals surface area contributed by atoms with Gasteiger partial charge in [-0.2, -0.15) is 0 Å². The molecule has 0 radical (unpaired) electrons. The number of anilines is 2. The third-order valence-electron chi connectivity index (χ3n) is 2.89. The van der Waals surface area contributed by atoms with Crippen molar-refractivity contribution in [2.45, 2.75) is 19.8 Å². The third-order valence-corrected chi connectivity index (χ3v) is 2.89. The van der Waals surface area contributed by atoms with Gasteiger partial charge in [0, 0.05) is 18.7 Å². The Hall–Kier alpha value is -1.40. The Kier molecular flexibility index (Phi) is 3.75. The molecule has 94 valence electrons. The number of hydrogen-bond acceptors (Lipinski definition) is 6. The van der Waals surface area contributed by atoms with E-state index >= 15 is 0 Å². The van der Waals surface area contributed by atoms with Crippen LogP contribution in [0.1, 0.15) is 25.3 Å². The van der Waals surface area contributed by atoms with Gasteiger partial charge < -0.3 is 15.1 Å². The van der Waals surface area contributed by atoms with Gasteiger partial charge in [-0.05, 0) is 5.92 Å². The van der Waals surface area contributed by atoms with Crippen LogP contribution in [0.15, 0.2) is 6.33 Å². The van der Waals surface area contributed by atoms with E-state index in [-0.39, 0.29) is 0 Å². The van der Waals surface area contributed by atoms with Crippen molar-refractivity contribution in [3.63, 3.8) is 0 Å². The first-order chi connectivity index (χ1) is 8.24. The van der Waals surface area contributed by atoms with Crippen molar-refractivity contribution >= 4 is 11.6 Å². The maximum atomic E-state index is 5.50. The summed E-state index contributed by atoms with van der Waals surface area (Å²) in [5, 5.41) is 0. The van der Waals surface area contributed by atoms with Gasteiger partial charge in [0.25, 0.3) is 0 Å². The quantitative estimate of drug-likeness (QED) is 0.596. The zero-order chi connectivity index (χ0) is 12.3. The molecular formula is C11H19N5O. The molecule has 6 nitrogen and oxygen atoms in total. The van der Waals surface area contributed by atoms with Crippen LogP contribution in [0.4, 0.5) is 11.6 Å². The second-order valence-electron chi connectivity index (χ2n) is 4.36. The molecule has 2 heterocycles. The molecule has 0 bridgehead atoms. The van der Waals surface area contributed by atoms with Crippen molar-refractivity contribution < 1.29 is 4.74 Å². The van der Waals surface area contributed by atoms with Gasteiger partial charge in [0.05, 0.1) is 13.2 Å². The second kappa shape index (κ2) is 5.29. The summed E-state index contributed by atoms with van der Waals surface area (Å²) in [6, 6.07) is 0. The number of ether oxygens (including phenoxy) is 1. The molecule has 1 aromatic heterocycles. The summed E-state index contributed by atoms with van der Waals surface area (Å²) >= 11 is 0. The number of nitrogens with two attached hydrogens (primary N) is 1. The molecule has 0 amide bonds. The molecule has 0 aromatic carbocycles. The zero-order valence-corrected chi connectivity index (χ0v) is 10.3. The fourth-order valence-corrected chi connectivity index (χ4v) is 2.06. The predicted molar refractivity (Wildman–Crippen MR) is 67.0 cm³/mol. The Balaban J connectivity index is 2.37. The number of rotatable bonds is 3. The highest BCUT2D eigenvalue weighted by molar-refractivity contribution is 5.60. The van der Waals surface area contributed by atoms with E-state index in [1.807, 2.05) is 0 Å². The van der Waals surface area contributed by atoms with Crippen LogP contribution in [-0.2, 0) is 4.74 Å². The van der Waals surface area contributed by atoms with Gasteiger partial charge in [0.2, 0.25) is 0 Å². The largest absolute Gasteiger partial charge is 0.378 e. The highest BCUT2D eigenvalue weighted by atomic mass is 16.5. The lowest BCUT2D eigenvalue weighted by Crippen LogP contribution is -2.37. The molecule has 1 aliphatic rings. The molecule has 1 saturated heterocycles. The van der Waals surface area contributed by atoms with Crippen LogP contribution in [0.3, 0.4) is 0 Å². The molecule has 1 aliphatic heterocycles. The number of aromatic nitrogens is 2. The molecule has 17 heavy (non-hydrogen) atoms. The predicted octanol–water partition coefficient (Wildman–Crippen LogP) is 0.722. The van der Waals surface area contributed by atoms with Crippen LogP contribution >= 0.6 is 0 Å². The normalized spacial score (nSPS) is 16.4. The van der Waals surface area contributed by atoms with Crippen molar-refractivity contribution in [1.29, 1.82) is 0 Å². The fraction of sp³-hybridized carbons (Fsp3) is 0.636. The average Bonchev–Trinajstić information content (AvgIpc) is 2.38. The fourth-order valence-electron chi connectivity index (χ4n) is 2.06. The Morgan fingerprint density at radius 2 is 2.06 bits per heavy atom. The van der Waals surface area contributed by atoms with Gasteiger partial charge in [-0.1, -0.05) is 13.8 Å². The molecule has 3 N–H and O–H groups in total. The van der Waals surface area contributed by atoms with E-state index in [1.165, 1.54) is 0 Å². The maximum absolute atomic E-state index is 5.50. The van der Waals surface area contributed by atoms with Crippen molar-refractivity contribution in [2.75, 3.05) is 36.6 Å². The minimum atomic E-state index is 0.320.